The lowest BCUT2D eigenvalue weighted by Crippen LogP contribution is -2.23. The number of halogens is 3. The highest BCUT2D eigenvalue weighted by molar-refractivity contribution is 5.91. The fourth-order valence-corrected chi connectivity index (χ4v) is 4.10. The van der Waals surface area contributed by atoms with E-state index in [-0.39, 0.29) is 22.4 Å². The Bertz CT molecular complexity index is 1180. The van der Waals surface area contributed by atoms with Crippen LogP contribution in [0.2, 0.25) is 0 Å². The van der Waals surface area contributed by atoms with Crippen molar-refractivity contribution in [3.63, 3.8) is 0 Å². The Kier molecular flexibility index (Phi) is 4.68. The number of benzene rings is 2. The first-order chi connectivity index (χ1) is 13.8. The molecule has 0 unspecified atom stereocenters. The largest absolute Gasteiger partial charge is 0.573 e. The van der Waals surface area contributed by atoms with Gasteiger partial charge in [0.25, 0.3) is 5.56 Å². The van der Waals surface area contributed by atoms with E-state index >= 15 is 0 Å². The first-order valence-corrected chi connectivity index (χ1v) is 9.36. The molecule has 0 bridgehead atoms. The van der Waals surface area contributed by atoms with Crippen molar-refractivity contribution >= 4 is 17.2 Å². The molecule has 0 N–H and O–H groups in total. The maximum Gasteiger partial charge on any atom is 0.573 e. The molecule has 0 saturated heterocycles. The highest BCUT2D eigenvalue weighted by atomic mass is 19.4. The summed E-state index contributed by atoms with van der Waals surface area (Å²) in [4.78, 5) is 23.9. The van der Waals surface area contributed by atoms with Crippen molar-refractivity contribution in [2.45, 2.75) is 39.1 Å². The van der Waals surface area contributed by atoms with Gasteiger partial charge >= 0.3 is 6.36 Å². The molecular weight excluding hydrogens is 383 g/mol. The number of aryl methyl sites for hydroxylation is 2. The smallest absolute Gasteiger partial charge is 0.405 e. The summed E-state index contributed by atoms with van der Waals surface area (Å²) in [5, 5.41) is 0.853. The van der Waals surface area contributed by atoms with Gasteiger partial charge in [-0.2, -0.15) is 0 Å². The summed E-state index contributed by atoms with van der Waals surface area (Å²) in [5.74, 6) is -0.372. The van der Waals surface area contributed by atoms with E-state index in [1.54, 1.807) is 22.8 Å². The molecule has 7 heteroatoms. The molecule has 0 aliphatic heterocycles. The van der Waals surface area contributed by atoms with Crippen molar-refractivity contribution in [2.75, 3.05) is 0 Å². The predicted octanol–water partition coefficient (Wildman–Crippen LogP) is 4.89. The second kappa shape index (κ2) is 7.06. The zero-order valence-electron chi connectivity index (χ0n) is 15.7. The van der Waals surface area contributed by atoms with Crippen molar-refractivity contribution in [1.82, 2.24) is 4.57 Å². The van der Waals surface area contributed by atoms with Crippen LogP contribution in [0.1, 0.15) is 34.8 Å². The third-order valence-electron chi connectivity index (χ3n) is 5.33. The van der Waals surface area contributed by atoms with Gasteiger partial charge in [0.2, 0.25) is 0 Å². The lowest BCUT2D eigenvalue weighted by molar-refractivity contribution is -0.274. The van der Waals surface area contributed by atoms with Crippen LogP contribution in [0.25, 0.3) is 22.0 Å². The Balaban J connectivity index is 1.97. The first kappa shape index (κ1) is 19.2. The van der Waals surface area contributed by atoms with Crippen LogP contribution in [0, 0.1) is 0 Å². The molecular formula is C22H18F3NO3. The Morgan fingerprint density at radius 3 is 2.55 bits per heavy atom. The van der Waals surface area contributed by atoms with Gasteiger partial charge in [-0.05, 0) is 67.6 Å². The molecule has 1 aromatic heterocycles. The number of hydrogen-bond donors (Lipinski definition) is 0. The van der Waals surface area contributed by atoms with Gasteiger partial charge in [-0.1, -0.05) is 6.07 Å². The van der Waals surface area contributed by atoms with Crippen molar-refractivity contribution in [1.29, 1.82) is 0 Å². The van der Waals surface area contributed by atoms with Gasteiger partial charge in [0.15, 0.2) is 0 Å². The van der Waals surface area contributed by atoms with Gasteiger partial charge in [-0.25, -0.2) is 0 Å². The van der Waals surface area contributed by atoms with E-state index in [2.05, 4.69) is 4.74 Å². The summed E-state index contributed by atoms with van der Waals surface area (Å²) in [5.41, 5.74) is 3.42. The van der Waals surface area contributed by atoms with E-state index in [0.29, 0.717) is 24.8 Å². The summed E-state index contributed by atoms with van der Waals surface area (Å²) < 4.78 is 44.5. The lowest BCUT2D eigenvalue weighted by atomic mass is 9.97. The minimum atomic E-state index is -4.85. The molecule has 1 heterocycles. The predicted molar refractivity (Wildman–Crippen MR) is 103 cm³/mol. The fourth-order valence-electron chi connectivity index (χ4n) is 4.10. The van der Waals surface area contributed by atoms with Crippen molar-refractivity contribution in [3.8, 4) is 16.9 Å². The monoisotopic (exact) mass is 401 g/mol. The van der Waals surface area contributed by atoms with E-state index in [1.165, 1.54) is 12.1 Å². The van der Waals surface area contributed by atoms with Crippen LogP contribution >= 0.6 is 0 Å². The summed E-state index contributed by atoms with van der Waals surface area (Å²) >= 11 is 0. The maximum absolute atomic E-state index is 12.9. The summed E-state index contributed by atoms with van der Waals surface area (Å²) in [6, 6.07) is 9.00. The Morgan fingerprint density at radius 1 is 1.10 bits per heavy atom. The number of aromatic nitrogens is 1. The number of rotatable bonds is 4. The zero-order chi connectivity index (χ0) is 20.8. The molecule has 0 fully saturated rings. The van der Waals surface area contributed by atoms with Gasteiger partial charge in [-0.3, -0.25) is 9.59 Å². The number of hydrogen-bond acceptors (Lipinski definition) is 3. The number of ether oxygens (including phenoxy) is 1. The SMILES string of the molecule is CCn1c(=O)c2c(c3cc(-c4cc(C=O)ccc4OC(F)(F)F)ccc31)CCC2. The zero-order valence-corrected chi connectivity index (χ0v) is 15.7. The van der Waals surface area contributed by atoms with Crippen molar-refractivity contribution in [2.24, 2.45) is 0 Å². The molecule has 0 atom stereocenters. The van der Waals surface area contributed by atoms with E-state index in [9.17, 15) is 22.8 Å². The molecule has 1 aliphatic carbocycles. The molecule has 0 saturated carbocycles. The van der Waals surface area contributed by atoms with Crippen LogP contribution in [0.15, 0.2) is 41.2 Å². The van der Waals surface area contributed by atoms with Crippen LogP contribution in [0.5, 0.6) is 5.75 Å². The molecule has 1 aliphatic rings. The van der Waals surface area contributed by atoms with Crippen molar-refractivity contribution < 1.29 is 22.7 Å². The highest BCUT2D eigenvalue weighted by Gasteiger charge is 2.32. The van der Waals surface area contributed by atoms with Gasteiger partial charge in [0.1, 0.15) is 12.0 Å². The number of aldehydes is 1. The average molecular weight is 401 g/mol. The topological polar surface area (TPSA) is 48.3 Å². The van der Waals surface area contributed by atoms with Gasteiger partial charge in [-0.15, -0.1) is 13.2 Å². The van der Waals surface area contributed by atoms with E-state index in [0.717, 1.165) is 40.9 Å². The molecule has 4 nitrogen and oxygen atoms in total. The molecule has 2 aromatic carbocycles. The summed E-state index contributed by atoms with van der Waals surface area (Å²) in [6.45, 7) is 2.39. The van der Waals surface area contributed by atoms with Crippen LogP contribution in [0.3, 0.4) is 0 Å². The Morgan fingerprint density at radius 2 is 1.86 bits per heavy atom. The lowest BCUT2D eigenvalue weighted by Gasteiger charge is -2.16. The van der Waals surface area contributed by atoms with Gasteiger partial charge < -0.3 is 9.30 Å². The fraction of sp³-hybridized carbons (Fsp3) is 0.273. The molecule has 0 radical (unpaired) electrons. The molecule has 3 aromatic rings. The van der Waals surface area contributed by atoms with E-state index < -0.39 is 6.36 Å². The van der Waals surface area contributed by atoms with Crippen LogP contribution in [0.4, 0.5) is 13.2 Å². The molecule has 29 heavy (non-hydrogen) atoms. The van der Waals surface area contributed by atoms with E-state index in [4.69, 9.17) is 0 Å². The quantitative estimate of drug-likeness (QED) is 0.585. The average Bonchev–Trinajstić information content (AvgIpc) is 3.18. The van der Waals surface area contributed by atoms with Crippen LogP contribution < -0.4 is 10.3 Å². The maximum atomic E-state index is 12.9. The van der Waals surface area contributed by atoms with Gasteiger partial charge in [0.05, 0.1) is 5.52 Å². The second-order valence-electron chi connectivity index (χ2n) is 7.01. The van der Waals surface area contributed by atoms with E-state index in [1.807, 2.05) is 6.92 Å². The van der Waals surface area contributed by atoms with Crippen LogP contribution in [-0.4, -0.2) is 17.2 Å². The highest BCUT2D eigenvalue weighted by Crippen LogP contribution is 2.37. The third-order valence-corrected chi connectivity index (χ3v) is 5.33. The van der Waals surface area contributed by atoms with Crippen LogP contribution in [-0.2, 0) is 19.4 Å². The Labute approximate surface area is 164 Å². The molecule has 0 amide bonds. The van der Waals surface area contributed by atoms with Crippen molar-refractivity contribution in [3.05, 3.63) is 63.4 Å². The number of fused-ring (bicyclic) bond motifs is 3. The number of alkyl halides is 3. The first-order valence-electron chi connectivity index (χ1n) is 9.36. The molecule has 150 valence electrons. The second-order valence-corrected chi connectivity index (χ2v) is 7.01. The Hall–Kier alpha value is -3.09. The molecule has 4 rings (SSSR count). The standard InChI is InChI=1S/C22H18F3NO3/c1-2-26-19-8-7-14(11-18(19)15-4-3-5-16(15)21(26)28)17-10-13(12-27)6-9-20(17)29-22(23,24)25/h6-12H,2-5H2,1H3. The number of carbonyl (C=O) groups excluding carboxylic acids is 1. The number of pyridine rings is 1. The number of nitrogens with zero attached hydrogens (tertiary/aromatic N) is 1. The molecule has 0 spiro atoms. The third kappa shape index (κ3) is 3.41. The minimum Gasteiger partial charge on any atom is -0.405 e. The number of carbonyl (C=O) groups is 1. The minimum absolute atomic E-state index is 0.00398. The summed E-state index contributed by atoms with van der Waals surface area (Å²) in [7, 11) is 0. The normalized spacial score (nSPS) is 13.5. The summed E-state index contributed by atoms with van der Waals surface area (Å²) in [6.07, 6.45) is -1.93. The van der Waals surface area contributed by atoms with Gasteiger partial charge in [0, 0.05) is 28.6 Å².